The lowest BCUT2D eigenvalue weighted by molar-refractivity contribution is -0.385. The molecular formula is C23H24N2O8. The Morgan fingerprint density at radius 3 is 2.52 bits per heavy atom. The average Bonchev–Trinajstić information content (AvgIpc) is 3.19. The number of methoxy groups -OCH3 is 3. The zero-order valence-corrected chi connectivity index (χ0v) is 18.6. The summed E-state index contributed by atoms with van der Waals surface area (Å²) in [6.45, 7) is 1.62. The highest BCUT2D eigenvalue weighted by atomic mass is 16.7. The Bertz CT molecular complexity index is 1220. The number of aromatic nitrogens is 1. The summed E-state index contributed by atoms with van der Waals surface area (Å²) in [5, 5.41) is 23.9. The molecule has 0 fully saturated rings. The van der Waals surface area contributed by atoms with Crippen molar-refractivity contribution < 1.29 is 33.8 Å². The number of hydrogen-bond acceptors (Lipinski definition) is 8. The number of ether oxygens (including phenoxy) is 4. The summed E-state index contributed by atoms with van der Waals surface area (Å²) in [5.41, 5.74) is -0.447. The third-order valence-corrected chi connectivity index (χ3v) is 6.06. The van der Waals surface area contributed by atoms with Crippen LogP contribution in [0, 0.1) is 10.1 Å². The van der Waals surface area contributed by atoms with Crippen LogP contribution in [-0.4, -0.2) is 59.9 Å². The van der Waals surface area contributed by atoms with Crippen molar-refractivity contribution in [1.82, 2.24) is 4.57 Å². The number of fused-ring (bicyclic) bond motifs is 2. The standard InChI is InChI=1S/C23H24N2O8/c1-23(22(31-3)32-4)20(26)19(15-12-14(25(28)29)9-10-18(15)33-23)24-16-8-6-5-7-13(16)11-17(24)21(27)30-2/h5-12,19-20,22,26H,1-4H3/t19-,20+,23-/m0/s1. The first-order valence-corrected chi connectivity index (χ1v) is 10.2. The average molecular weight is 456 g/mol. The molecule has 2 heterocycles. The maximum atomic E-state index is 12.7. The van der Waals surface area contributed by atoms with Crippen molar-refractivity contribution in [3.8, 4) is 5.75 Å². The lowest BCUT2D eigenvalue weighted by atomic mass is 9.84. The number of aliphatic hydroxyl groups excluding tert-OH is 1. The molecule has 1 N–H and O–H groups in total. The summed E-state index contributed by atoms with van der Waals surface area (Å²) < 4.78 is 23.6. The molecule has 2 aromatic carbocycles. The maximum absolute atomic E-state index is 12.7. The first kappa shape index (κ1) is 22.7. The molecule has 3 aromatic rings. The van der Waals surface area contributed by atoms with Crippen LogP contribution in [0.15, 0.2) is 48.5 Å². The molecule has 0 saturated carbocycles. The van der Waals surface area contributed by atoms with Crippen LogP contribution in [0.4, 0.5) is 5.69 Å². The largest absolute Gasteiger partial charge is 0.479 e. The Morgan fingerprint density at radius 1 is 1.18 bits per heavy atom. The Labute approximate surface area is 189 Å². The van der Waals surface area contributed by atoms with Gasteiger partial charge in [0.25, 0.3) is 5.69 Å². The first-order chi connectivity index (χ1) is 15.8. The van der Waals surface area contributed by atoms with Crippen LogP contribution >= 0.6 is 0 Å². The lowest BCUT2D eigenvalue weighted by Gasteiger charge is -2.47. The van der Waals surface area contributed by atoms with Gasteiger partial charge in [0, 0.05) is 42.8 Å². The predicted octanol–water partition coefficient (Wildman–Crippen LogP) is 3.06. The number of hydrogen-bond donors (Lipinski definition) is 1. The van der Waals surface area contributed by atoms with Gasteiger partial charge in [0.1, 0.15) is 17.5 Å². The summed E-state index contributed by atoms with van der Waals surface area (Å²) in [5.74, 6) is -0.320. The van der Waals surface area contributed by atoms with Gasteiger partial charge in [-0.15, -0.1) is 0 Å². The number of para-hydroxylation sites is 1. The Morgan fingerprint density at radius 2 is 1.88 bits per heavy atom. The molecule has 1 aliphatic heterocycles. The van der Waals surface area contributed by atoms with E-state index in [0.29, 0.717) is 16.8 Å². The number of carbonyl (C=O) groups excluding carboxylic acids is 1. The van der Waals surface area contributed by atoms with Gasteiger partial charge in [-0.25, -0.2) is 4.79 Å². The van der Waals surface area contributed by atoms with Crippen molar-refractivity contribution >= 4 is 22.6 Å². The van der Waals surface area contributed by atoms with Crippen molar-refractivity contribution in [2.24, 2.45) is 0 Å². The molecule has 0 amide bonds. The normalized spacial score (nSPS) is 22.1. The molecule has 0 spiro atoms. The number of nitro benzene ring substituents is 1. The van der Waals surface area contributed by atoms with E-state index in [4.69, 9.17) is 18.9 Å². The number of benzene rings is 2. The van der Waals surface area contributed by atoms with Gasteiger partial charge in [-0.05, 0) is 25.1 Å². The molecule has 10 heteroatoms. The number of nitro groups is 1. The molecule has 3 atom stereocenters. The van der Waals surface area contributed by atoms with Crippen LogP contribution in [-0.2, 0) is 14.2 Å². The molecule has 33 heavy (non-hydrogen) atoms. The lowest BCUT2D eigenvalue weighted by Crippen LogP contribution is -2.60. The molecule has 1 aromatic heterocycles. The van der Waals surface area contributed by atoms with E-state index in [-0.39, 0.29) is 11.4 Å². The smallest absolute Gasteiger partial charge is 0.354 e. The third-order valence-electron chi connectivity index (χ3n) is 6.06. The van der Waals surface area contributed by atoms with Gasteiger partial charge in [0.15, 0.2) is 11.9 Å². The van der Waals surface area contributed by atoms with E-state index in [1.807, 2.05) is 12.1 Å². The highest BCUT2D eigenvalue weighted by Gasteiger charge is 2.53. The summed E-state index contributed by atoms with van der Waals surface area (Å²) in [4.78, 5) is 23.7. The zero-order chi connectivity index (χ0) is 23.9. The first-order valence-electron chi connectivity index (χ1n) is 10.2. The predicted molar refractivity (Wildman–Crippen MR) is 117 cm³/mol. The number of non-ortho nitro benzene ring substituents is 1. The molecule has 4 rings (SSSR count). The molecule has 0 aliphatic carbocycles. The van der Waals surface area contributed by atoms with Crippen molar-refractivity contribution in [2.75, 3.05) is 21.3 Å². The van der Waals surface area contributed by atoms with E-state index in [9.17, 15) is 20.0 Å². The van der Waals surface area contributed by atoms with Crippen molar-refractivity contribution in [1.29, 1.82) is 0 Å². The van der Waals surface area contributed by atoms with Gasteiger partial charge >= 0.3 is 5.97 Å². The minimum Gasteiger partial charge on any atom is -0.479 e. The zero-order valence-electron chi connectivity index (χ0n) is 18.6. The van der Waals surface area contributed by atoms with Gasteiger partial charge < -0.3 is 28.6 Å². The van der Waals surface area contributed by atoms with Gasteiger partial charge in [-0.1, -0.05) is 18.2 Å². The summed E-state index contributed by atoms with van der Waals surface area (Å²) in [6, 6.07) is 12.1. The van der Waals surface area contributed by atoms with E-state index in [1.54, 1.807) is 29.7 Å². The van der Waals surface area contributed by atoms with E-state index >= 15 is 0 Å². The molecule has 0 unspecified atom stereocenters. The molecule has 174 valence electrons. The highest BCUT2D eigenvalue weighted by molar-refractivity contribution is 5.96. The number of rotatable bonds is 6. The number of nitrogens with zero attached hydrogens (tertiary/aromatic N) is 2. The second-order valence-electron chi connectivity index (χ2n) is 7.91. The summed E-state index contributed by atoms with van der Waals surface area (Å²) >= 11 is 0. The van der Waals surface area contributed by atoms with Crippen molar-refractivity contribution in [3.63, 3.8) is 0 Å². The van der Waals surface area contributed by atoms with E-state index in [1.165, 1.54) is 39.5 Å². The monoisotopic (exact) mass is 456 g/mol. The van der Waals surface area contributed by atoms with Gasteiger partial charge in [-0.2, -0.15) is 0 Å². The highest BCUT2D eigenvalue weighted by Crippen LogP contribution is 2.47. The number of aliphatic hydroxyl groups is 1. The fourth-order valence-corrected chi connectivity index (χ4v) is 4.52. The second-order valence-corrected chi connectivity index (χ2v) is 7.91. The minimum atomic E-state index is -1.42. The van der Waals surface area contributed by atoms with E-state index in [0.717, 1.165) is 5.39 Å². The van der Waals surface area contributed by atoms with E-state index < -0.39 is 34.9 Å². The van der Waals surface area contributed by atoms with Crippen LogP contribution in [0.3, 0.4) is 0 Å². The van der Waals surface area contributed by atoms with Gasteiger partial charge in [-0.3, -0.25) is 10.1 Å². The topological polar surface area (TPSA) is 122 Å². The fraction of sp³-hybridized carbons (Fsp3) is 0.348. The summed E-state index contributed by atoms with van der Waals surface area (Å²) in [6.07, 6.45) is -2.32. The SMILES string of the molecule is COC(=O)c1cc2ccccc2n1[C@H]1c2cc([N+](=O)[O-])ccc2O[C@](C)(C(OC)OC)[C@@H]1O. The molecule has 0 bridgehead atoms. The van der Waals surface area contributed by atoms with Crippen LogP contribution in [0.5, 0.6) is 5.75 Å². The van der Waals surface area contributed by atoms with Gasteiger partial charge in [0.2, 0.25) is 0 Å². The minimum absolute atomic E-state index is 0.177. The maximum Gasteiger partial charge on any atom is 0.354 e. The fourth-order valence-electron chi connectivity index (χ4n) is 4.52. The Kier molecular flexibility index (Phi) is 5.83. The third kappa shape index (κ3) is 3.52. The van der Waals surface area contributed by atoms with Crippen LogP contribution < -0.4 is 4.74 Å². The molecule has 1 aliphatic rings. The van der Waals surface area contributed by atoms with Gasteiger partial charge in [0.05, 0.1) is 18.1 Å². The Balaban J connectivity index is 2.05. The molecule has 0 saturated heterocycles. The number of esters is 1. The van der Waals surface area contributed by atoms with Crippen LogP contribution in [0.2, 0.25) is 0 Å². The summed E-state index contributed by atoms with van der Waals surface area (Å²) in [7, 11) is 4.10. The van der Waals surface area contributed by atoms with E-state index in [2.05, 4.69) is 0 Å². The van der Waals surface area contributed by atoms with Crippen molar-refractivity contribution in [2.45, 2.75) is 31.0 Å². The van der Waals surface area contributed by atoms with Crippen LogP contribution in [0.25, 0.3) is 10.9 Å². The molecule has 10 nitrogen and oxygen atoms in total. The Hall–Kier alpha value is -3.47. The number of carbonyl (C=O) groups is 1. The second kappa shape index (κ2) is 8.47. The van der Waals surface area contributed by atoms with Crippen LogP contribution in [0.1, 0.15) is 29.0 Å². The quantitative estimate of drug-likeness (QED) is 0.260. The molecule has 0 radical (unpaired) electrons. The molecular weight excluding hydrogens is 432 g/mol. The van der Waals surface area contributed by atoms with Crippen molar-refractivity contribution in [3.05, 3.63) is 69.9 Å².